The van der Waals surface area contributed by atoms with Crippen molar-refractivity contribution < 1.29 is 4.79 Å². The fourth-order valence-corrected chi connectivity index (χ4v) is 3.30. The van der Waals surface area contributed by atoms with Gasteiger partial charge in [0, 0.05) is 10.6 Å². The van der Waals surface area contributed by atoms with E-state index in [0.29, 0.717) is 15.6 Å². The van der Waals surface area contributed by atoms with Crippen LogP contribution in [0.4, 0.5) is 0 Å². The summed E-state index contributed by atoms with van der Waals surface area (Å²) in [6.07, 6.45) is 0. The zero-order chi connectivity index (χ0) is 18.7. The maximum absolute atomic E-state index is 12.5. The van der Waals surface area contributed by atoms with Gasteiger partial charge in [-0.15, -0.1) is 0 Å². The smallest absolute Gasteiger partial charge is 0.240 e. The lowest BCUT2D eigenvalue weighted by Gasteiger charge is -2.16. The summed E-state index contributed by atoms with van der Waals surface area (Å²) in [5.74, 6) is 0.475. The number of halogens is 1. The number of hydrogen-bond acceptors (Lipinski definition) is 3. The Morgan fingerprint density at radius 1 is 1.31 bits per heavy atom. The van der Waals surface area contributed by atoms with E-state index in [0.717, 1.165) is 16.7 Å². The van der Waals surface area contributed by atoms with Gasteiger partial charge in [0.2, 0.25) is 5.91 Å². The van der Waals surface area contributed by atoms with Gasteiger partial charge < -0.3 is 5.32 Å². The number of amides is 1. The molecule has 0 aliphatic heterocycles. The quantitative estimate of drug-likeness (QED) is 0.637. The predicted molar refractivity (Wildman–Crippen MR) is 106 cm³/mol. The molecule has 3 aromatic rings. The van der Waals surface area contributed by atoms with Gasteiger partial charge in [0.15, 0.2) is 10.6 Å². The van der Waals surface area contributed by atoms with Crippen molar-refractivity contribution in [3.05, 3.63) is 69.5 Å². The Morgan fingerprint density at radius 3 is 2.81 bits per heavy atom. The van der Waals surface area contributed by atoms with Gasteiger partial charge in [-0.05, 0) is 43.8 Å². The molecule has 0 saturated carbocycles. The molecule has 0 radical (unpaired) electrons. The number of carbonyl (C=O) groups excluding carboxylic acids is 1. The van der Waals surface area contributed by atoms with Crippen LogP contribution in [0.25, 0.3) is 11.4 Å². The number of nitrogens with zero attached hydrogens (tertiary/aromatic N) is 2. The second-order valence-corrected chi connectivity index (χ2v) is 6.91. The predicted octanol–water partition coefficient (Wildman–Crippen LogP) is 4.45. The van der Waals surface area contributed by atoms with Gasteiger partial charge in [-0.2, -0.15) is 5.10 Å². The zero-order valence-corrected chi connectivity index (χ0v) is 16.1. The Labute approximate surface area is 162 Å². The minimum absolute atomic E-state index is 0.0768. The van der Waals surface area contributed by atoms with E-state index in [4.69, 9.17) is 23.8 Å². The van der Waals surface area contributed by atoms with E-state index >= 15 is 0 Å². The van der Waals surface area contributed by atoms with Crippen molar-refractivity contribution in [1.82, 2.24) is 20.1 Å². The number of hydrogen-bond donors (Lipinski definition) is 2. The molecule has 26 heavy (non-hydrogen) atoms. The summed E-state index contributed by atoms with van der Waals surface area (Å²) in [6, 6.07) is 15.2. The molecule has 0 spiro atoms. The third-order valence-corrected chi connectivity index (χ3v) is 4.74. The van der Waals surface area contributed by atoms with Crippen molar-refractivity contribution >= 4 is 29.7 Å². The van der Waals surface area contributed by atoms with Gasteiger partial charge in [-0.3, -0.25) is 14.5 Å². The highest BCUT2D eigenvalue weighted by molar-refractivity contribution is 7.71. The number of H-pyrrole nitrogens is 1. The number of aromatic amines is 1. The molecule has 0 aliphatic rings. The molecule has 0 bridgehead atoms. The molecule has 2 aromatic carbocycles. The maximum atomic E-state index is 12.5. The van der Waals surface area contributed by atoms with Gasteiger partial charge in [-0.25, -0.2) is 0 Å². The van der Waals surface area contributed by atoms with E-state index in [1.54, 1.807) is 4.57 Å². The molecule has 1 heterocycles. The first-order valence-electron chi connectivity index (χ1n) is 8.21. The van der Waals surface area contributed by atoms with Crippen LogP contribution in [0.1, 0.15) is 24.1 Å². The molecule has 0 unspecified atom stereocenters. The summed E-state index contributed by atoms with van der Waals surface area (Å²) in [5, 5.41) is 10.6. The highest BCUT2D eigenvalue weighted by Crippen LogP contribution is 2.22. The molecule has 134 valence electrons. The summed E-state index contributed by atoms with van der Waals surface area (Å²) < 4.78 is 2.10. The third kappa shape index (κ3) is 4.03. The van der Waals surface area contributed by atoms with Gasteiger partial charge >= 0.3 is 0 Å². The van der Waals surface area contributed by atoms with E-state index in [1.807, 2.05) is 62.4 Å². The number of aromatic nitrogens is 3. The SMILES string of the molecule is Cc1cccc(-c2n[nH]c(=S)n2CC(=O)N[C@H](C)c2ccccc2Cl)c1. The van der Waals surface area contributed by atoms with E-state index in [-0.39, 0.29) is 18.5 Å². The Hall–Kier alpha value is -2.44. The summed E-state index contributed by atoms with van der Waals surface area (Å²) in [4.78, 5) is 12.5. The van der Waals surface area contributed by atoms with Gasteiger partial charge in [0.25, 0.3) is 0 Å². The molecule has 1 atom stereocenters. The number of rotatable bonds is 5. The topological polar surface area (TPSA) is 62.7 Å². The molecule has 5 nitrogen and oxygen atoms in total. The first kappa shape index (κ1) is 18.4. The summed E-state index contributed by atoms with van der Waals surface area (Å²) in [6.45, 7) is 3.98. The van der Waals surface area contributed by atoms with Crippen molar-refractivity contribution in [1.29, 1.82) is 0 Å². The Bertz CT molecular complexity index is 995. The minimum atomic E-state index is -0.209. The molecule has 1 amide bonds. The lowest BCUT2D eigenvalue weighted by atomic mass is 10.1. The number of carbonyl (C=O) groups is 1. The lowest BCUT2D eigenvalue weighted by Crippen LogP contribution is -2.30. The molecule has 1 aromatic heterocycles. The van der Waals surface area contributed by atoms with Crippen LogP contribution >= 0.6 is 23.8 Å². The molecule has 2 N–H and O–H groups in total. The third-order valence-electron chi connectivity index (χ3n) is 4.09. The standard InChI is InChI=1S/C19H19ClN4OS/c1-12-6-5-7-14(10-12)18-22-23-19(26)24(18)11-17(25)21-13(2)15-8-3-4-9-16(15)20/h3-10,13H,11H2,1-2H3,(H,21,25)(H,23,26)/t13-/m1/s1. The largest absolute Gasteiger partial charge is 0.348 e. The van der Waals surface area contributed by atoms with Gasteiger partial charge in [0.1, 0.15) is 6.54 Å². The highest BCUT2D eigenvalue weighted by Gasteiger charge is 2.16. The first-order chi connectivity index (χ1) is 12.5. The maximum Gasteiger partial charge on any atom is 0.240 e. The number of benzene rings is 2. The lowest BCUT2D eigenvalue weighted by molar-refractivity contribution is -0.122. The Morgan fingerprint density at radius 2 is 2.08 bits per heavy atom. The summed E-state index contributed by atoms with van der Waals surface area (Å²) in [7, 11) is 0. The normalized spacial score (nSPS) is 12.0. The second kappa shape index (κ2) is 7.85. The fourth-order valence-electron chi connectivity index (χ4n) is 2.80. The highest BCUT2D eigenvalue weighted by atomic mass is 35.5. The van der Waals surface area contributed by atoms with Crippen molar-refractivity contribution in [2.24, 2.45) is 0 Å². The van der Waals surface area contributed by atoms with Crippen LogP contribution in [0.5, 0.6) is 0 Å². The molecular formula is C19H19ClN4OS. The van der Waals surface area contributed by atoms with Crippen LogP contribution in [0, 0.1) is 11.7 Å². The number of nitrogens with one attached hydrogen (secondary N) is 2. The molecular weight excluding hydrogens is 368 g/mol. The van der Waals surface area contributed by atoms with Crippen LogP contribution in [0.15, 0.2) is 48.5 Å². The van der Waals surface area contributed by atoms with E-state index in [2.05, 4.69) is 15.5 Å². The summed E-state index contributed by atoms with van der Waals surface area (Å²) in [5.41, 5.74) is 2.89. The fraction of sp³-hybridized carbons (Fsp3) is 0.211. The molecule has 0 fully saturated rings. The van der Waals surface area contributed by atoms with E-state index in [9.17, 15) is 4.79 Å². The van der Waals surface area contributed by atoms with Crippen molar-refractivity contribution in [2.45, 2.75) is 26.4 Å². The van der Waals surface area contributed by atoms with Crippen molar-refractivity contribution in [3.8, 4) is 11.4 Å². The Balaban J connectivity index is 1.79. The zero-order valence-electron chi connectivity index (χ0n) is 14.5. The average molecular weight is 387 g/mol. The van der Waals surface area contributed by atoms with Crippen LogP contribution in [0.3, 0.4) is 0 Å². The first-order valence-corrected chi connectivity index (χ1v) is 9.00. The van der Waals surface area contributed by atoms with Crippen molar-refractivity contribution in [3.63, 3.8) is 0 Å². The Kier molecular flexibility index (Phi) is 5.54. The van der Waals surface area contributed by atoms with Gasteiger partial charge in [0.05, 0.1) is 6.04 Å². The number of aryl methyl sites for hydroxylation is 1. The molecule has 0 aliphatic carbocycles. The molecule has 0 saturated heterocycles. The van der Waals surface area contributed by atoms with Crippen LogP contribution < -0.4 is 5.32 Å². The molecule has 7 heteroatoms. The average Bonchev–Trinajstić information content (AvgIpc) is 2.96. The second-order valence-electron chi connectivity index (χ2n) is 6.12. The van der Waals surface area contributed by atoms with Crippen LogP contribution in [-0.2, 0) is 11.3 Å². The van der Waals surface area contributed by atoms with Crippen molar-refractivity contribution in [2.75, 3.05) is 0 Å². The molecule has 3 rings (SSSR count). The summed E-state index contributed by atoms with van der Waals surface area (Å²) >= 11 is 11.5. The van der Waals surface area contributed by atoms with E-state index < -0.39 is 0 Å². The monoisotopic (exact) mass is 386 g/mol. The van der Waals surface area contributed by atoms with Crippen LogP contribution in [-0.4, -0.2) is 20.7 Å². The van der Waals surface area contributed by atoms with Crippen LogP contribution in [0.2, 0.25) is 5.02 Å². The van der Waals surface area contributed by atoms with Gasteiger partial charge in [-0.1, -0.05) is 53.6 Å². The van der Waals surface area contributed by atoms with E-state index in [1.165, 1.54) is 0 Å². The minimum Gasteiger partial charge on any atom is -0.348 e.